The highest BCUT2D eigenvalue weighted by Crippen LogP contribution is 2.28. The molecule has 5 nitrogen and oxygen atoms in total. The first-order valence-electron chi connectivity index (χ1n) is 8.64. The van der Waals surface area contributed by atoms with Gasteiger partial charge in [-0.15, -0.1) is 11.3 Å². The van der Waals surface area contributed by atoms with Crippen molar-refractivity contribution >= 4 is 49.7 Å². The van der Waals surface area contributed by atoms with Crippen LogP contribution >= 0.6 is 34.5 Å². The maximum atomic E-state index is 12.8. The van der Waals surface area contributed by atoms with Crippen LogP contribution in [0.25, 0.3) is 11.1 Å². The number of benzene rings is 2. The minimum absolute atomic E-state index is 0.139. The molecule has 0 radical (unpaired) electrons. The van der Waals surface area contributed by atoms with Crippen LogP contribution in [0.15, 0.2) is 58.9 Å². The first kappa shape index (κ1) is 19.7. The standard InChI is InChI=1S/C19H17Cl2N3O2S2/c20-15-9-14(10-16(21)11-15)13-1-3-18(4-2-13)28(25,26)23-17-5-7-24(12-17)19-22-6-8-27-19/h1-4,6,8-11,17,23H,5,7,12H2. The van der Waals surface area contributed by atoms with Crippen LogP contribution in [0.4, 0.5) is 5.13 Å². The van der Waals surface area contributed by atoms with Crippen LogP contribution in [0.3, 0.4) is 0 Å². The molecule has 2 aromatic carbocycles. The fourth-order valence-electron chi connectivity index (χ4n) is 3.24. The normalized spacial score (nSPS) is 17.2. The van der Waals surface area contributed by atoms with Gasteiger partial charge in [0.2, 0.25) is 10.0 Å². The third kappa shape index (κ3) is 4.34. The lowest BCUT2D eigenvalue weighted by Gasteiger charge is -2.16. The molecule has 1 N–H and O–H groups in total. The Morgan fingerprint density at radius 1 is 1.07 bits per heavy atom. The minimum atomic E-state index is -3.60. The summed E-state index contributed by atoms with van der Waals surface area (Å²) in [5, 5.41) is 3.91. The molecule has 0 bridgehead atoms. The van der Waals surface area contributed by atoms with E-state index in [9.17, 15) is 8.42 Å². The summed E-state index contributed by atoms with van der Waals surface area (Å²) in [6, 6.07) is 11.8. The number of halogens is 2. The highest BCUT2D eigenvalue weighted by Gasteiger charge is 2.28. The van der Waals surface area contributed by atoms with Gasteiger partial charge in [0.15, 0.2) is 5.13 Å². The van der Waals surface area contributed by atoms with Crippen molar-refractivity contribution in [1.29, 1.82) is 0 Å². The van der Waals surface area contributed by atoms with E-state index < -0.39 is 10.0 Å². The lowest BCUT2D eigenvalue weighted by molar-refractivity contribution is 0.561. The average molecular weight is 454 g/mol. The van der Waals surface area contributed by atoms with Crippen LogP contribution in [0.2, 0.25) is 10.0 Å². The molecule has 0 spiro atoms. The third-order valence-electron chi connectivity index (χ3n) is 4.56. The van der Waals surface area contributed by atoms with Gasteiger partial charge in [-0.2, -0.15) is 0 Å². The molecule has 146 valence electrons. The van der Waals surface area contributed by atoms with Crippen LogP contribution in [0.5, 0.6) is 0 Å². The quantitative estimate of drug-likeness (QED) is 0.609. The van der Waals surface area contributed by atoms with E-state index in [2.05, 4.69) is 14.6 Å². The number of anilines is 1. The van der Waals surface area contributed by atoms with Crippen LogP contribution in [0.1, 0.15) is 6.42 Å². The van der Waals surface area contributed by atoms with Crippen molar-refractivity contribution in [2.45, 2.75) is 17.4 Å². The maximum Gasteiger partial charge on any atom is 0.240 e. The molecule has 1 atom stereocenters. The molecule has 1 aliphatic heterocycles. The molecule has 0 saturated carbocycles. The van der Waals surface area contributed by atoms with Gasteiger partial charge >= 0.3 is 0 Å². The minimum Gasteiger partial charge on any atom is -0.346 e. The van der Waals surface area contributed by atoms with E-state index in [0.29, 0.717) is 16.6 Å². The summed E-state index contributed by atoms with van der Waals surface area (Å²) in [4.78, 5) is 6.62. The van der Waals surface area contributed by atoms with E-state index in [1.165, 1.54) is 0 Å². The van der Waals surface area contributed by atoms with Crippen molar-refractivity contribution in [1.82, 2.24) is 9.71 Å². The second-order valence-corrected chi connectivity index (χ2v) is 10.0. The number of rotatable bonds is 5. The van der Waals surface area contributed by atoms with Crippen molar-refractivity contribution in [3.8, 4) is 11.1 Å². The van der Waals surface area contributed by atoms with Gasteiger partial charge in [0.05, 0.1) is 4.90 Å². The Balaban J connectivity index is 1.47. The summed E-state index contributed by atoms with van der Waals surface area (Å²) in [6.45, 7) is 1.40. The molecule has 1 fully saturated rings. The Kier molecular flexibility index (Phi) is 5.62. The van der Waals surface area contributed by atoms with Gasteiger partial charge in [0.25, 0.3) is 0 Å². The number of thiazole rings is 1. The average Bonchev–Trinajstić information content (AvgIpc) is 3.32. The van der Waals surface area contributed by atoms with Gasteiger partial charge in [-0.1, -0.05) is 35.3 Å². The number of aromatic nitrogens is 1. The Morgan fingerprint density at radius 2 is 1.79 bits per heavy atom. The van der Waals surface area contributed by atoms with Gasteiger partial charge in [-0.3, -0.25) is 0 Å². The molecular weight excluding hydrogens is 437 g/mol. The van der Waals surface area contributed by atoms with Gasteiger partial charge in [0.1, 0.15) is 0 Å². The third-order valence-corrected chi connectivity index (χ3v) is 7.37. The Labute approximate surface area is 178 Å². The van der Waals surface area contributed by atoms with Crippen molar-refractivity contribution in [2.75, 3.05) is 18.0 Å². The zero-order valence-corrected chi connectivity index (χ0v) is 17.8. The Morgan fingerprint density at radius 3 is 2.43 bits per heavy atom. The molecule has 1 aromatic heterocycles. The summed E-state index contributed by atoms with van der Waals surface area (Å²) < 4.78 is 28.3. The van der Waals surface area contributed by atoms with Crippen LogP contribution in [-0.4, -0.2) is 32.5 Å². The predicted molar refractivity (Wildman–Crippen MR) is 115 cm³/mol. The number of sulfonamides is 1. The molecule has 1 saturated heterocycles. The van der Waals surface area contributed by atoms with E-state index in [0.717, 1.165) is 29.2 Å². The topological polar surface area (TPSA) is 62.3 Å². The number of nitrogens with one attached hydrogen (secondary N) is 1. The molecule has 0 aliphatic carbocycles. The highest BCUT2D eigenvalue weighted by atomic mass is 35.5. The van der Waals surface area contributed by atoms with Gasteiger partial charge < -0.3 is 4.90 Å². The van der Waals surface area contributed by atoms with Crippen LogP contribution < -0.4 is 9.62 Å². The van der Waals surface area contributed by atoms with E-state index >= 15 is 0 Å². The molecule has 1 aliphatic rings. The summed E-state index contributed by atoms with van der Waals surface area (Å²) in [5.74, 6) is 0. The summed E-state index contributed by atoms with van der Waals surface area (Å²) >= 11 is 13.7. The van der Waals surface area contributed by atoms with Gasteiger partial charge in [-0.05, 0) is 47.9 Å². The number of hydrogen-bond acceptors (Lipinski definition) is 5. The van der Waals surface area contributed by atoms with E-state index in [4.69, 9.17) is 23.2 Å². The zero-order valence-electron chi connectivity index (χ0n) is 14.7. The second kappa shape index (κ2) is 8.00. The zero-order chi connectivity index (χ0) is 19.7. The molecule has 9 heteroatoms. The first-order valence-corrected chi connectivity index (χ1v) is 11.8. The Bertz CT molecular complexity index is 1050. The molecular formula is C19H17Cl2N3O2S2. The van der Waals surface area contributed by atoms with Crippen LogP contribution in [0, 0.1) is 0 Å². The van der Waals surface area contributed by atoms with Gasteiger partial charge in [-0.25, -0.2) is 18.1 Å². The lowest BCUT2D eigenvalue weighted by Crippen LogP contribution is -2.37. The smallest absolute Gasteiger partial charge is 0.240 e. The van der Waals surface area contributed by atoms with Crippen molar-refractivity contribution in [2.24, 2.45) is 0 Å². The van der Waals surface area contributed by atoms with Crippen molar-refractivity contribution in [3.05, 3.63) is 64.1 Å². The fraction of sp³-hybridized carbons (Fsp3) is 0.211. The van der Waals surface area contributed by atoms with Gasteiger partial charge in [0, 0.05) is 40.8 Å². The molecule has 3 aromatic rings. The van der Waals surface area contributed by atoms with Crippen LogP contribution in [-0.2, 0) is 10.0 Å². The summed E-state index contributed by atoms with van der Waals surface area (Å²) in [6.07, 6.45) is 2.50. The van der Waals surface area contributed by atoms with Crippen molar-refractivity contribution in [3.63, 3.8) is 0 Å². The van der Waals surface area contributed by atoms with Crippen molar-refractivity contribution < 1.29 is 8.42 Å². The summed E-state index contributed by atoms with van der Waals surface area (Å²) in [5.41, 5.74) is 1.68. The SMILES string of the molecule is O=S(=O)(NC1CCN(c2nccs2)C1)c1ccc(-c2cc(Cl)cc(Cl)c2)cc1. The number of hydrogen-bond donors (Lipinski definition) is 1. The van der Waals surface area contributed by atoms with E-state index in [-0.39, 0.29) is 10.9 Å². The monoisotopic (exact) mass is 453 g/mol. The highest BCUT2D eigenvalue weighted by molar-refractivity contribution is 7.89. The first-order chi connectivity index (χ1) is 13.4. The maximum absolute atomic E-state index is 12.8. The van der Waals surface area contributed by atoms with E-state index in [1.54, 1.807) is 60.0 Å². The Hall–Kier alpha value is -1.64. The molecule has 2 heterocycles. The molecule has 28 heavy (non-hydrogen) atoms. The predicted octanol–water partition coefficient (Wildman–Crippen LogP) is 4.67. The number of nitrogens with zero attached hydrogens (tertiary/aromatic N) is 2. The van der Waals surface area contributed by atoms with E-state index in [1.807, 2.05) is 5.38 Å². The summed E-state index contributed by atoms with van der Waals surface area (Å²) in [7, 11) is -3.60. The molecule has 0 amide bonds. The second-order valence-electron chi connectivity index (χ2n) is 6.55. The molecule has 4 rings (SSSR count). The largest absolute Gasteiger partial charge is 0.346 e. The fourth-order valence-corrected chi connectivity index (χ4v) is 5.70. The lowest BCUT2D eigenvalue weighted by atomic mass is 10.1. The molecule has 1 unspecified atom stereocenters.